The van der Waals surface area contributed by atoms with Gasteiger partial charge in [-0.3, -0.25) is 53.6 Å². The van der Waals surface area contributed by atoms with Gasteiger partial charge in [0.05, 0.1) is 62.2 Å². The van der Waals surface area contributed by atoms with E-state index in [1.807, 2.05) is 75.7 Å². The number of ether oxygens (including phenoxy) is 2. The van der Waals surface area contributed by atoms with Gasteiger partial charge < -0.3 is 34.1 Å². The van der Waals surface area contributed by atoms with E-state index in [9.17, 15) is 14.4 Å². The van der Waals surface area contributed by atoms with Gasteiger partial charge in [-0.25, -0.2) is 5.43 Å². The molecule has 22 heteroatoms. The van der Waals surface area contributed by atoms with Crippen molar-refractivity contribution < 1.29 is 46.6 Å². The Bertz CT molecular complexity index is 3120. The number of likely N-dealkylation sites (tertiary alicyclic amines) is 1. The molecule has 7 aliphatic heterocycles. The van der Waals surface area contributed by atoms with Gasteiger partial charge in [-0.05, 0) is 104 Å². The van der Waals surface area contributed by atoms with E-state index in [0.29, 0.717) is 111 Å². The van der Waals surface area contributed by atoms with E-state index >= 15 is 22.8 Å². The molecule has 2 aromatic heterocycles. The maximum Gasteiger partial charge on any atom is 0.406 e. The normalized spacial score (nSPS) is 27.8. The molecule has 5 saturated heterocycles. The first-order valence-electron chi connectivity index (χ1n) is 31.7. The minimum absolute atomic E-state index is 0.0195. The van der Waals surface area contributed by atoms with Gasteiger partial charge in [0.15, 0.2) is 0 Å². The van der Waals surface area contributed by atoms with Crippen LogP contribution in [-0.2, 0) is 46.4 Å². The second kappa shape index (κ2) is 23.7. The number of likely N-dealkylation sites (N-methyl/N-ethyl adjacent to an activating group) is 1. The Kier molecular flexibility index (Phi) is 16.7. The lowest BCUT2D eigenvalue weighted by Gasteiger charge is -2.55. The molecule has 6 bridgehead atoms. The summed E-state index contributed by atoms with van der Waals surface area (Å²) in [6, 6.07) is 5.65. The van der Waals surface area contributed by atoms with Crippen LogP contribution in [0.25, 0.3) is 27.7 Å². The van der Waals surface area contributed by atoms with Crippen molar-refractivity contribution in [3.63, 3.8) is 0 Å². The summed E-state index contributed by atoms with van der Waals surface area (Å²) in [6.45, 7) is 17.8. The summed E-state index contributed by atoms with van der Waals surface area (Å²) in [7, 11) is 3.46. The molecular weight excluding hydrogens is 1110 g/mol. The van der Waals surface area contributed by atoms with Crippen LogP contribution >= 0.6 is 0 Å². The highest BCUT2D eigenvalue weighted by molar-refractivity contribution is 5.96. The van der Waals surface area contributed by atoms with Crippen molar-refractivity contribution in [3.8, 4) is 11.3 Å². The standard InChI is InChI=1S/C64H89F3N12O7/c1-39(2)53-47(28-45(30-68-53)74-23-21-73(22-24-74)44-16-17-44)56-48-29-62(5,6)38-85-61(84)49-12-10-20-79(70-49)59(82)50(32-72-19-9-11-43(31-72)42-15-18-51(46(48)27-42)78(56)37-64(65,66)67)69-58(81)54(40(3)4)75-25-26-86-63(34-75)35-76(36-63)60(83)57-55(41-13-14-41)77(57)33-52(80)71(7)8/h11,15,18,27-28,30,39-41,44,49-50,54-55,57,70H,9-10,12-14,16-17,19-26,29,31-38H2,1-8H3,(H,69,81)/t49-,50-,54-,55+,57+,77?/m0/s1. The Balaban J connectivity index is 0.834. The molecule has 12 rings (SSSR count). The number of nitrogens with zero attached hydrogens (tertiary/aromatic N) is 10. The fourth-order valence-electron chi connectivity index (χ4n) is 14.8. The van der Waals surface area contributed by atoms with Crippen molar-refractivity contribution in [2.45, 2.75) is 153 Å². The van der Waals surface area contributed by atoms with Gasteiger partial charge in [0.25, 0.3) is 5.91 Å². The fourth-order valence-corrected chi connectivity index (χ4v) is 14.8. The number of carbonyl (C=O) groups excluding carboxylic acids is 5. The molecule has 468 valence electrons. The monoisotopic (exact) mass is 1190 g/mol. The number of halogens is 3. The number of amides is 4. The van der Waals surface area contributed by atoms with Crippen LogP contribution in [0.2, 0.25) is 0 Å². The highest BCUT2D eigenvalue weighted by Crippen LogP contribution is 2.49. The van der Waals surface area contributed by atoms with Crippen LogP contribution in [0.4, 0.5) is 18.9 Å². The van der Waals surface area contributed by atoms with Crippen LogP contribution in [0.15, 0.2) is 36.5 Å². The highest BCUT2D eigenvalue weighted by Gasteiger charge is 2.63. The summed E-state index contributed by atoms with van der Waals surface area (Å²) < 4.78 is 59.7. The number of cyclic esters (lactones) is 1. The lowest BCUT2D eigenvalue weighted by Crippen LogP contribution is -2.73. The van der Waals surface area contributed by atoms with Gasteiger partial charge in [0.2, 0.25) is 17.7 Å². The number of esters is 1. The number of pyridine rings is 1. The molecule has 86 heavy (non-hydrogen) atoms. The number of anilines is 1. The van der Waals surface area contributed by atoms with Gasteiger partial charge >= 0.3 is 12.1 Å². The topological polar surface area (TPSA) is 171 Å². The quantitative estimate of drug-likeness (QED) is 0.166. The molecule has 7 atom stereocenters. The lowest BCUT2D eigenvalue weighted by molar-refractivity contribution is -0.197. The zero-order valence-electron chi connectivity index (χ0n) is 51.6. The largest absolute Gasteiger partial charge is 0.464 e. The number of benzene rings is 1. The number of alkyl halides is 3. The minimum Gasteiger partial charge on any atom is -0.464 e. The fraction of sp³-hybridized carbons (Fsp3) is 0.688. The lowest BCUT2D eigenvalue weighted by atomic mass is 9.83. The Hall–Kier alpha value is -5.65. The molecular formula is C64H89F3N12O7. The van der Waals surface area contributed by atoms with E-state index < -0.39 is 47.8 Å². The van der Waals surface area contributed by atoms with Crippen LogP contribution in [0, 0.1) is 17.3 Å². The summed E-state index contributed by atoms with van der Waals surface area (Å²) in [6.07, 6.45) is 5.86. The maximum atomic E-state index is 15.2. The van der Waals surface area contributed by atoms with Gasteiger partial charge in [-0.15, -0.1) is 0 Å². The highest BCUT2D eigenvalue weighted by atomic mass is 19.4. The molecule has 2 N–H and O–H groups in total. The first kappa shape index (κ1) is 60.6. The second-order valence-corrected chi connectivity index (χ2v) is 28.0. The molecule has 19 nitrogen and oxygen atoms in total. The second-order valence-electron chi connectivity index (χ2n) is 28.0. The van der Waals surface area contributed by atoms with Crippen molar-refractivity contribution in [1.29, 1.82) is 0 Å². The van der Waals surface area contributed by atoms with Crippen LogP contribution in [0.5, 0.6) is 0 Å². The summed E-state index contributed by atoms with van der Waals surface area (Å²) in [4.78, 5) is 90.9. The number of rotatable bonds is 13. The average molecular weight is 1200 g/mol. The number of morpholine rings is 1. The van der Waals surface area contributed by atoms with Crippen molar-refractivity contribution in [3.05, 3.63) is 53.4 Å². The Morgan fingerprint density at radius 3 is 2.37 bits per heavy atom. The maximum absolute atomic E-state index is 15.2. The number of carbonyl (C=O) groups is 5. The van der Waals surface area contributed by atoms with Crippen molar-refractivity contribution in [2.24, 2.45) is 17.3 Å². The smallest absolute Gasteiger partial charge is 0.406 e. The molecule has 9 heterocycles. The van der Waals surface area contributed by atoms with Crippen LogP contribution in [-0.4, -0.2) is 234 Å². The molecule has 2 aliphatic carbocycles. The van der Waals surface area contributed by atoms with Crippen molar-refractivity contribution in [1.82, 2.24) is 54.7 Å². The van der Waals surface area contributed by atoms with E-state index in [2.05, 4.69) is 42.5 Å². The third kappa shape index (κ3) is 12.7. The first-order valence-corrected chi connectivity index (χ1v) is 31.7. The van der Waals surface area contributed by atoms with Gasteiger partial charge in [0.1, 0.15) is 30.3 Å². The summed E-state index contributed by atoms with van der Waals surface area (Å²) in [5.74, 6) is -1.10. The van der Waals surface area contributed by atoms with E-state index in [0.717, 1.165) is 61.4 Å². The predicted molar refractivity (Wildman–Crippen MR) is 321 cm³/mol. The molecule has 4 amide bonds. The zero-order chi connectivity index (χ0) is 60.7. The number of aromatic nitrogens is 2. The third-order valence-electron chi connectivity index (χ3n) is 19.6. The SMILES string of the molecule is CC(C)c1ncc(N2CCN(C3CC3)CC2)cc1-c1c2c3cc(ccc3n1CC(F)(F)F)C1=CCCN(C1)C[C@H](NC(=O)[C@H](C(C)C)N1CCOC3(CN(C(=O)[C@H]4[C@@H](C5CC5)N4CC(=O)N(C)C)C3)C1)C(=O)N1CCC[C@H](N1)C(=O)OCC(C)(C)C2. The first-order chi connectivity index (χ1) is 40.9. The van der Waals surface area contributed by atoms with Crippen LogP contribution in [0.3, 0.4) is 0 Å². The number of hydrazine groups is 1. The molecule has 7 fully saturated rings. The Morgan fingerprint density at radius 1 is 0.930 bits per heavy atom. The number of nitrogens with one attached hydrogen (secondary N) is 2. The number of piperazine rings is 1. The molecule has 0 radical (unpaired) electrons. The van der Waals surface area contributed by atoms with E-state index in [4.69, 9.17) is 14.5 Å². The van der Waals surface area contributed by atoms with E-state index in [1.165, 1.54) is 22.4 Å². The number of fused-ring (bicyclic) bond motifs is 6. The summed E-state index contributed by atoms with van der Waals surface area (Å²) >= 11 is 0. The Labute approximate surface area is 503 Å². The van der Waals surface area contributed by atoms with Crippen LogP contribution < -0.4 is 15.6 Å². The number of hydrogen-bond donors (Lipinski definition) is 2. The molecule has 3 aromatic rings. The zero-order valence-corrected chi connectivity index (χ0v) is 51.6. The third-order valence-corrected chi connectivity index (χ3v) is 19.6. The molecule has 2 saturated carbocycles. The van der Waals surface area contributed by atoms with Gasteiger partial charge in [0, 0.05) is 114 Å². The molecule has 9 aliphatic rings. The molecule has 2 unspecified atom stereocenters. The predicted octanol–water partition coefficient (Wildman–Crippen LogP) is 5.36. The number of hydrogen-bond acceptors (Lipinski definition) is 14. The van der Waals surface area contributed by atoms with Gasteiger partial charge in [-0.1, -0.05) is 53.7 Å². The van der Waals surface area contributed by atoms with E-state index in [-0.39, 0.29) is 73.7 Å². The van der Waals surface area contributed by atoms with E-state index in [1.54, 1.807) is 19.0 Å². The average Bonchev–Trinajstić information content (AvgIpc) is 1.56. The summed E-state index contributed by atoms with van der Waals surface area (Å²) in [5.41, 5.74) is 7.44. The Morgan fingerprint density at radius 2 is 1.69 bits per heavy atom. The van der Waals surface area contributed by atoms with Gasteiger partial charge in [-0.2, -0.15) is 13.2 Å². The molecule has 1 aromatic carbocycles. The molecule has 1 spiro atoms. The van der Waals surface area contributed by atoms with Crippen molar-refractivity contribution in [2.75, 3.05) is 117 Å². The van der Waals surface area contributed by atoms with Crippen LogP contribution in [0.1, 0.15) is 109 Å². The summed E-state index contributed by atoms with van der Waals surface area (Å²) in [5, 5.41) is 5.38. The minimum atomic E-state index is -4.57. The van der Waals surface area contributed by atoms with Crippen molar-refractivity contribution >= 4 is 51.8 Å².